The van der Waals surface area contributed by atoms with Gasteiger partial charge >= 0.3 is 0 Å². The topological polar surface area (TPSA) is 54.0 Å². The van der Waals surface area contributed by atoms with Gasteiger partial charge in [0.05, 0.1) is 19.8 Å². The van der Waals surface area contributed by atoms with E-state index in [-0.39, 0.29) is 36.6 Å². The lowest BCUT2D eigenvalue weighted by molar-refractivity contribution is 0.154. The molecule has 7 heteroatoms. The van der Waals surface area contributed by atoms with Gasteiger partial charge in [0.2, 0.25) is 0 Å². The van der Waals surface area contributed by atoms with Gasteiger partial charge in [-0.1, -0.05) is 13.8 Å². The Morgan fingerprint density at radius 2 is 1.56 bits per heavy atom. The van der Waals surface area contributed by atoms with Crippen molar-refractivity contribution in [1.82, 2.24) is 10.2 Å². The van der Waals surface area contributed by atoms with Crippen LogP contribution in [0, 0.1) is 5.92 Å². The van der Waals surface area contributed by atoms with Gasteiger partial charge in [-0.25, -0.2) is 0 Å². The predicted octanol–water partition coefficient (Wildman–Crippen LogP) is 3.64. The quantitative estimate of drug-likeness (QED) is 0.739. The first kappa shape index (κ1) is 24.1. The van der Waals surface area contributed by atoms with Crippen LogP contribution < -0.4 is 14.8 Å². The number of phenolic OH excluding ortho intramolecular Hbond substituents is 1. The summed E-state index contributed by atoms with van der Waals surface area (Å²) in [6.45, 7) is 8.52. The summed E-state index contributed by atoms with van der Waals surface area (Å²) in [5.41, 5.74) is 1.05. The zero-order chi connectivity index (χ0) is 16.8. The Morgan fingerprint density at radius 3 is 2.00 bits per heavy atom. The molecule has 2 N–H and O–H groups in total. The second-order valence-corrected chi connectivity index (χ2v) is 6.54. The second-order valence-electron chi connectivity index (χ2n) is 6.54. The van der Waals surface area contributed by atoms with Crippen LogP contribution in [0.5, 0.6) is 17.2 Å². The molecule has 0 aliphatic carbocycles. The van der Waals surface area contributed by atoms with Crippen molar-refractivity contribution in [1.29, 1.82) is 0 Å². The van der Waals surface area contributed by atoms with Crippen LogP contribution in [0.3, 0.4) is 0 Å². The Morgan fingerprint density at radius 1 is 1.04 bits per heavy atom. The summed E-state index contributed by atoms with van der Waals surface area (Å²) >= 11 is 0. The SMILES string of the molecule is COc1cc(O)cc(OC)c1[C@H](CCC(C)C)N1CCNCC1.Cl.Cl. The summed E-state index contributed by atoms with van der Waals surface area (Å²) < 4.78 is 11.1. The number of halogens is 2. The van der Waals surface area contributed by atoms with Gasteiger partial charge in [0.1, 0.15) is 17.2 Å². The molecule has 1 heterocycles. The van der Waals surface area contributed by atoms with E-state index >= 15 is 0 Å². The predicted molar refractivity (Wildman–Crippen MR) is 107 cm³/mol. The third-order valence-electron chi connectivity index (χ3n) is 4.47. The molecule has 0 unspecified atom stereocenters. The van der Waals surface area contributed by atoms with Crippen LogP contribution in [0.2, 0.25) is 0 Å². The van der Waals surface area contributed by atoms with Gasteiger partial charge in [0, 0.05) is 44.4 Å². The number of nitrogens with zero attached hydrogens (tertiary/aromatic N) is 1. The summed E-state index contributed by atoms with van der Waals surface area (Å²) in [7, 11) is 3.30. The molecule has 0 saturated carbocycles. The summed E-state index contributed by atoms with van der Waals surface area (Å²) in [6.07, 6.45) is 2.19. The third-order valence-corrected chi connectivity index (χ3v) is 4.47. The number of benzene rings is 1. The number of methoxy groups -OCH3 is 2. The summed E-state index contributed by atoms with van der Waals surface area (Å²) in [6, 6.07) is 3.61. The fourth-order valence-corrected chi connectivity index (χ4v) is 3.25. The van der Waals surface area contributed by atoms with E-state index in [1.807, 2.05) is 0 Å². The summed E-state index contributed by atoms with van der Waals surface area (Å²) in [4.78, 5) is 2.50. The highest BCUT2D eigenvalue weighted by Gasteiger charge is 2.28. The van der Waals surface area contributed by atoms with Gasteiger partial charge in [-0.3, -0.25) is 4.90 Å². The van der Waals surface area contributed by atoms with Gasteiger partial charge in [-0.2, -0.15) is 0 Å². The summed E-state index contributed by atoms with van der Waals surface area (Å²) in [5.74, 6) is 2.23. The molecule has 1 aliphatic heterocycles. The molecule has 0 aromatic heterocycles. The van der Waals surface area contributed by atoms with Crippen molar-refractivity contribution < 1.29 is 14.6 Å². The summed E-state index contributed by atoms with van der Waals surface area (Å²) in [5, 5.41) is 13.3. The zero-order valence-corrected chi connectivity index (χ0v) is 17.2. The Bertz CT molecular complexity index is 484. The van der Waals surface area contributed by atoms with Crippen molar-refractivity contribution >= 4 is 24.8 Å². The fourth-order valence-electron chi connectivity index (χ4n) is 3.25. The number of hydrogen-bond donors (Lipinski definition) is 2. The molecule has 0 radical (unpaired) electrons. The van der Waals surface area contributed by atoms with Crippen molar-refractivity contribution in [3.63, 3.8) is 0 Å². The van der Waals surface area contributed by atoms with Gasteiger partial charge in [0.15, 0.2) is 0 Å². The van der Waals surface area contributed by atoms with Crippen molar-refractivity contribution in [2.75, 3.05) is 40.4 Å². The molecule has 25 heavy (non-hydrogen) atoms. The molecule has 2 rings (SSSR count). The van der Waals surface area contributed by atoms with E-state index in [1.54, 1.807) is 26.4 Å². The average molecular weight is 395 g/mol. The first-order chi connectivity index (χ1) is 11.1. The van der Waals surface area contributed by atoms with Gasteiger partial charge in [-0.05, 0) is 18.8 Å². The standard InChI is InChI=1S/C18H30N2O3.2ClH/c1-13(2)5-6-15(20-9-7-19-8-10-20)18-16(22-3)11-14(21)12-17(18)23-4;;/h11-13,15,19,21H,5-10H2,1-4H3;2*1H/t15-;;/m0../s1. The monoisotopic (exact) mass is 394 g/mol. The highest BCUT2D eigenvalue weighted by atomic mass is 35.5. The highest BCUT2D eigenvalue weighted by molar-refractivity contribution is 5.85. The number of aromatic hydroxyl groups is 1. The molecule has 1 fully saturated rings. The fraction of sp³-hybridized carbons (Fsp3) is 0.667. The maximum Gasteiger partial charge on any atom is 0.131 e. The molecular weight excluding hydrogens is 363 g/mol. The Hall–Kier alpha value is -0.880. The zero-order valence-electron chi connectivity index (χ0n) is 15.6. The number of hydrogen-bond acceptors (Lipinski definition) is 5. The molecule has 5 nitrogen and oxygen atoms in total. The Labute approximate surface area is 163 Å². The van der Waals surface area contributed by atoms with E-state index in [0.717, 1.165) is 44.6 Å². The molecule has 1 saturated heterocycles. The molecule has 146 valence electrons. The molecule has 0 bridgehead atoms. The van der Waals surface area contributed by atoms with E-state index in [1.165, 1.54) is 0 Å². The van der Waals surface area contributed by atoms with Crippen molar-refractivity contribution in [3.8, 4) is 17.2 Å². The number of nitrogens with one attached hydrogen (secondary N) is 1. The average Bonchev–Trinajstić information content (AvgIpc) is 2.56. The highest BCUT2D eigenvalue weighted by Crippen LogP contribution is 2.42. The molecule has 0 spiro atoms. The maximum absolute atomic E-state index is 9.91. The molecule has 1 aromatic carbocycles. The van der Waals surface area contributed by atoms with Crippen LogP contribution in [-0.4, -0.2) is 50.4 Å². The van der Waals surface area contributed by atoms with E-state index < -0.39 is 0 Å². The molecular formula is C18H32Cl2N2O3. The Balaban J connectivity index is 0.00000288. The van der Waals surface area contributed by atoms with Crippen LogP contribution >= 0.6 is 24.8 Å². The number of rotatable bonds is 7. The van der Waals surface area contributed by atoms with Crippen molar-refractivity contribution in [2.24, 2.45) is 5.92 Å². The lowest BCUT2D eigenvalue weighted by Gasteiger charge is -2.36. The normalized spacial score (nSPS) is 15.9. The van der Waals surface area contributed by atoms with Crippen LogP contribution in [0.1, 0.15) is 38.3 Å². The van der Waals surface area contributed by atoms with E-state index in [2.05, 4.69) is 24.1 Å². The molecule has 1 atom stereocenters. The van der Waals surface area contributed by atoms with E-state index in [4.69, 9.17) is 9.47 Å². The second kappa shape index (κ2) is 11.7. The van der Waals surface area contributed by atoms with E-state index in [9.17, 15) is 5.11 Å². The first-order valence-corrected chi connectivity index (χ1v) is 8.46. The first-order valence-electron chi connectivity index (χ1n) is 8.46. The van der Waals surface area contributed by atoms with Crippen LogP contribution in [0.25, 0.3) is 0 Å². The van der Waals surface area contributed by atoms with E-state index in [0.29, 0.717) is 17.4 Å². The third kappa shape index (κ3) is 6.41. The largest absolute Gasteiger partial charge is 0.508 e. The van der Waals surface area contributed by atoms with Crippen molar-refractivity contribution in [2.45, 2.75) is 32.7 Å². The minimum Gasteiger partial charge on any atom is -0.508 e. The minimum absolute atomic E-state index is 0. The van der Waals surface area contributed by atoms with Gasteiger partial charge in [0.25, 0.3) is 0 Å². The van der Waals surface area contributed by atoms with Crippen LogP contribution in [-0.2, 0) is 0 Å². The number of piperazine rings is 1. The van der Waals surface area contributed by atoms with Gasteiger partial charge < -0.3 is 19.9 Å². The maximum atomic E-state index is 9.91. The van der Waals surface area contributed by atoms with Gasteiger partial charge in [-0.15, -0.1) is 24.8 Å². The molecule has 0 amide bonds. The number of phenols is 1. The minimum atomic E-state index is 0. The number of ether oxygens (including phenoxy) is 2. The van der Waals surface area contributed by atoms with Crippen LogP contribution in [0.4, 0.5) is 0 Å². The smallest absolute Gasteiger partial charge is 0.131 e. The lowest BCUT2D eigenvalue weighted by Crippen LogP contribution is -2.45. The lowest BCUT2D eigenvalue weighted by atomic mass is 9.94. The molecule has 1 aliphatic rings. The van der Waals surface area contributed by atoms with Crippen molar-refractivity contribution in [3.05, 3.63) is 17.7 Å². The Kier molecular flexibility index (Phi) is 11.3. The van der Waals surface area contributed by atoms with Crippen LogP contribution in [0.15, 0.2) is 12.1 Å². The molecule has 1 aromatic rings.